The molecule has 0 amide bonds. The molecule has 0 radical (unpaired) electrons. The van der Waals surface area contributed by atoms with Gasteiger partial charge in [0.25, 0.3) is 5.56 Å². The van der Waals surface area contributed by atoms with Gasteiger partial charge >= 0.3 is 11.7 Å². The molecule has 0 saturated heterocycles. The first kappa shape index (κ1) is 29.5. The number of carbonyl (C=O) groups excluding carboxylic acids is 1. The van der Waals surface area contributed by atoms with Crippen molar-refractivity contribution in [1.29, 1.82) is 0 Å². The third-order valence-electron chi connectivity index (χ3n) is 6.27. The molecule has 2 heterocycles. The quantitative estimate of drug-likeness (QED) is 0.144. The van der Waals surface area contributed by atoms with E-state index in [1.165, 1.54) is 44.1 Å². The highest BCUT2D eigenvalue weighted by Crippen LogP contribution is 2.40. The Morgan fingerprint density at radius 3 is 2.56 bits per heavy atom. The van der Waals surface area contributed by atoms with Gasteiger partial charge in [0.1, 0.15) is 12.6 Å². The molecule has 12 nitrogen and oxygen atoms in total. The van der Waals surface area contributed by atoms with Crippen LogP contribution in [-0.4, -0.2) is 56.6 Å². The molecule has 1 aromatic heterocycles. The van der Waals surface area contributed by atoms with Crippen molar-refractivity contribution in [1.82, 2.24) is 4.57 Å². The number of hydrogen-bond donors (Lipinski definition) is 0. The topological polar surface area (TPSA) is 141 Å². The largest absolute Gasteiger partial charge is 0.493 e. The van der Waals surface area contributed by atoms with Crippen LogP contribution in [0.1, 0.15) is 31.0 Å². The Balaban J connectivity index is 1.96. The summed E-state index contributed by atoms with van der Waals surface area (Å²) in [7, 11) is 4.34. The predicted octanol–water partition coefficient (Wildman–Crippen LogP) is 2.75. The number of fused-ring (bicyclic) bond motifs is 1. The summed E-state index contributed by atoms with van der Waals surface area (Å²) in [5.41, 5.74) is 0.779. The normalized spacial score (nSPS) is 14.8. The SMILES string of the molecule is CCOc1c(OC)cccc1[C@H]1C(C(=O)OCCOC)=C(C)N=c2s/c(=C/c3ccc(OC)c([N+](=O)[O-])c3)c(=O)n21. The number of carbonyl (C=O) groups is 1. The van der Waals surface area contributed by atoms with Crippen LogP contribution in [0, 0.1) is 10.1 Å². The van der Waals surface area contributed by atoms with Crippen LogP contribution in [-0.2, 0) is 14.3 Å². The number of allylic oxidation sites excluding steroid dienone is 1. The van der Waals surface area contributed by atoms with E-state index in [-0.39, 0.29) is 34.8 Å². The smallest absolute Gasteiger partial charge is 0.338 e. The number of methoxy groups -OCH3 is 3. The van der Waals surface area contributed by atoms with Gasteiger partial charge in [0, 0.05) is 18.7 Å². The van der Waals surface area contributed by atoms with E-state index in [4.69, 9.17) is 23.7 Å². The maximum atomic E-state index is 14.0. The first-order chi connectivity index (χ1) is 19.7. The lowest BCUT2D eigenvalue weighted by Gasteiger charge is -2.27. The average Bonchev–Trinajstić information content (AvgIpc) is 3.26. The molecule has 2 aromatic carbocycles. The van der Waals surface area contributed by atoms with Crippen LogP contribution in [0.2, 0.25) is 0 Å². The molecule has 0 unspecified atom stereocenters. The Hall–Kier alpha value is -4.49. The summed E-state index contributed by atoms with van der Waals surface area (Å²) < 4.78 is 28.7. The van der Waals surface area contributed by atoms with Crippen molar-refractivity contribution in [3.05, 3.63) is 88.6 Å². The highest BCUT2D eigenvalue weighted by molar-refractivity contribution is 7.07. The first-order valence-electron chi connectivity index (χ1n) is 12.6. The van der Waals surface area contributed by atoms with Gasteiger partial charge < -0.3 is 23.7 Å². The van der Waals surface area contributed by atoms with Gasteiger partial charge in [-0.2, -0.15) is 0 Å². The van der Waals surface area contributed by atoms with Gasteiger partial charge in [-0.05, 0) is 37.6 Å². The number of thiazole rings is 1. The summed E-state index contributed by atoms with van der Waals surface area (Å²) in [6.45, 7) is 4.00. The second kappa shape index (κ2) is 12.8. The molecular formula is C28H29N3O9S. The van der Waals surface area contributed by atoms with Crippen LogP contribution < -0.4 is 29.1 Å². The summed E-state index contributed by atoms with van der Waals surface area (Å²) in [4.78, 5) is 43.3. The fraction of sp³-hybridized carbons (Fsp3) is 0.321. The van der Waals surface area contributed by atoms with Crippen molar-refractivity contribution in [3.8, 4) is 17.2 Å². The third kappa shape index (κ3) is 5.86. The Morgan fingerprint density at radius 1 is 1.15 bits per heavy atom. The summed E-state index contributed by atoms with van der Waals surface area (Å²) in [5, 5.41) is 11.5. The zero-order valence-electron chi connectivity index (χ0n) is 23.2. The Kier molecular flexibility index (Phi) is 9.20. The lowest BCUT2D eigenvalue weighted by atomic mass is 9.94. The van der Waals surface area contributed by atoms with Gasteiger partial charge in [-0.1, -0.05) is 29.5 Å². The fourth-order valence-electron chi connectivity index (χ4n) is 4.47. The molecule has 1 aliphatic rings. The number of nitro groups is 1. The zero-order valence-corrected chi connectivity index (χ0v) is 24.0. The number of ether oxygens (including phenoxy) is 5. The Morgan fingerprint density at radius 2 is 1.90 bits per heavy atom. The standard InChI is InChI=1S/C28H29N3O9S/c1-6-39-25-18(8-7-9-21(25)38-5)24-23(27(33)40-13-12-36-3)16(2)29-28-30(24)26(32)22(41-28)15-17-10-11-20(37-4)19(14-17)31(34)35/h7-11,14-15,24H,6,12-13H2,1-5H3/b22-15+/t24-/m0/s1. The molecular weight excluding hydrogens is 554 g/mol. The summed E-state index contributed by atoms with van der Waals surface area (Å²) in [5.74, 6) is 0.250. The van der Waals surface area contributed by atoms with Crippen LogP contribution in [0.4, 0.5) is 5.69 Å². The molecule has 4 rings (SSSR count). The van der Waals surface area contributed by atoms with E-state index in [2.05, 4.69) is 4.99 Å². The summed E-state index contributed by atoms with van der Waals surface area (Å²) in [6.07, 6.45) is 1.54. The highest BCUT2D eigenvalue weighted by atomic mass is 32.1. The van der Waals surface area contributed by atoms with E-state index in [9.17, 15) is 19.7 Å². The van der Waals surface area contributed by atoms with E-state index < -0.39 is 22.5 Å². The molecule has 0 aliphatic carbocycles. The van der Waals surface area contributed by atoms with Gasteiger partial charge in [0.15, 0.2) is 22.0 Å². The number of para-hydroxylation sites is 1. The minimum Gasteiger partial charge on any atom is -0.493 e. The maximum Gasteiger partial charge on any atom is 0.338 e. The number of nitro benzene ring substituents is 1. The molecule has 0 N–H and O–H groups in total. The maximum absolute atomic E-state index is 14.0. The predicted molar refractivity (Wildman–Crippen MR) is 150 cm³/mol. The minimum absolute atomic E-state index is 0.00985. The molecule has 3 aromatic rings. The summed E-state index contributed by atoms with van der Waals surface area (Å²) in [6, 6.07) is 8.67. The number of aromatic nitrogens is 1. The third-order valence-corrected chi connectivity index (χ3v) is 7.26. The van der Waals surface area contributed by atoms with E-state index >= 15 is 0 Å². The monoisotopic (exact) mass is 583 g/mol. The van der Waals surface area contributed by atoms with Crippen molar-refractivity contribution in [3.63, 3.8) is 0 Å². The molecule has 1 atom stereocenters. The van der Waals surface area contributed by atoms with Gasteiger partial charge in [0.05, 0.1) is 48.2 Å². The average molecular weight is 584 g/mol. The van der Waals surface area contributed by atoms with Crippen LogP contribution in [0.15, 0.2) is 57.5 Å². The van der Waals surface area contributed by atoms with Gasteiger partial charge in [-0.3, -0.25) is 19.5 Å². The zero-order chi connectivity index (χ0) is 29.7. The van der Waals surface area contributed by atoms with Crippen LogP contribution in [0.3, 0.4) is 0 Å². The lowest BCUT2D eigenvalue weighted by Crippen LogP contribution is -2.40. The van der Waals surface area contributed by atoms with Crippen LogP contribution in [0.25, 0.3) is 6.08 Å². The van der Waals surface area contributed by atoms with Crippen molar-refractivity contribution < 1.29 is 33.4 Å². The van der Waals surface area contributed by atoms with E-state index in [0.29, 0.717) is 39.7 Å². The molecule has 1 aliphatic heterocycles. The molecule has 0 fully saturated rings. The molecule has 41 heavy (non-hydrogen) atoms. The Bertz CT molecular complexity index is 1690. The van der Waals surface area contributed by atoms with E-state index in [1.54, 1.807) is 31.2 Å². The van der Waals surface area contributed by atoms with Crippen molar-refractivity contribution in [2.24, 2.45) is 4.99 Å². The fourth-order valence-corrected chi connectivity index (χ4v) is 5.52. The van der Waals surface area contributed by atoms with Crippen molar-refractivity contribution in [2.75, 3.05) is 41.2 Å². The minimum atomic E-state index is -0.953. The van der Waals surface area contributed by atoms with Crippen LogP contribution in [0.5, 0.6) is 17.2 Å². The Labute approximate surface area is 238 Å². The molecule has 0 spiro atoms. The van der Waals surface area contributed by atoms with Gasteiger partial charge in [-0.15, -0.1) is 0 Å². The number of esters is 1. The number of benzene rings is 2. The number of hydrogen-bond acceptors (Lipinski definition) is 11. The lowest BCUT2D eigenvalue weighted by molar-refractivity contribution is -0.385. The van der Waals surface area contributed by atoms with Gasteiger partial charge in [-0.25, -0.2) is 9.79 Å². The number of nitrogens with zero attached hydrogens (tertiary/aromatic N) is 3. The highest BCUT2D eigenvalue weighted by Gasteiger charge is 2.36. The second-order valence-electron chi connectivity index (χ2n) is 8.71. The van der Waals surface area contributed by atoms with Crippen molar-refractivity contribution in [2.45, 2.75) is 19.9 Å². The van der Waals surface area contributed by atoms with Gasteiger partial charge in [0.2, 0.25) is 0 Å². The summed E-state index contributed by atoms with van der Waals surface area (Å²) >= 11 is 1.10. The van der Waals surface area contributed by atoms with E-state index in [1.807, 2.05) is 6.92 Å². The molecule has 0 saturated carbocycles. The number of rotatable bonds is 11. The molecule has 13 heteroatoms. The molecule has 0 bridgehead atoms. The second-order valence-corrected chi connectivity index (χ2v) is 9.72. The first-order valence-corrected chi connectivity index (χ1v) is 13.4. The molecule has 216 valence electrons. The van der Waals surface area contributed by atoms with Crippen LogP contribution >= 0.6 is 11.3 Å². The van der Waals surface area contributed by atoms with Crippen molar-refractivity contribution >= 4 is 29.1 Å². The van der Waals surface area contributed by atoms with E-state index in [0.717, 1.165) is 11.3 Å².